The molecular formula is C12H17N3O2. The lowest BCUT2D eigenvalue weighted by molar-refractivity contribution is 0.0695. The average Bonchev–Trinajstić information content (AvgIpc) is 2.29. The molecule has 3 N–H and O–H groups in total. The highest BCUT2D eigenvalue weighted by Crippen LogP contribution is 2.25. The van der Waals surface area contributed by atoms with E-state index in [-0.39, 0.29) is 6.61 Å². The number of nitriles is 1. The molecular weight excluding hydrogens is 218 g/mol. The van der Waals surface area contributed by atoms with E-state index in [2.05, 4.69) is 0 Å². The zero-order chi connectivity index (χ0) is 12.8. The highest BCUT2D eigenvalue weighted by atomic mass is 16.5. The van der Waals surface area contributed by atoms with Crippen molar-refractivity contribution in [2.75, 3.05) is 37.9 Å². The smallest absolute Gasteiger partial charge is 0.101 e. The van der Waals surface area contributed by atoms with Gasteiger partial charge in [0.25, 0.3) is 0 Å². The molecule has 1 atom stereocenters. The Labute approximate surface area is 101 Å². The van der Waals surface area contributed by atoms with Crippen molar-refractivity contribution < 1.29 is 9.84 Å². The zero-order valence-corrected chi connectivity index (χ0v) is 10.1. The van der Waals surface area contributed by atoms with Gasteiger partial charge >= 0.3 is 0 Å². The Morgan fingerprint density at radius 1 is 1.59 bits per heavy atom. The van der Waals surface area contributed by atoms with Crippen LogP contribution in [0.5, 0.6) is 0 Å². The van der Waals surface area contributed by atoms with Crippen molar-refractivity contribution in [1.82, 2.24) is 0 Å². The molecule has 0 radical (unpaired) electrons. The summed E-state index contributed by atoms with van der Waals surface area (Å²) in [5, 5.41) is 18.5. The molecule has 5 heteroatoms. The Balaban J connectivity index is 2.82. The number of likely N-dealkylation sites (N-methyl/N-ethyl adjacent to an activating group) is 1. The normalized spacial score (nSPS) is 11.9. The van der Waals surface area contributed by atoms with Crippen molar-refractivity contribution in [3.63, 3.8) is 0 Å². The molecule has 1 unspecified atom stereocenters. The number of anilines is 2. The number of nitrogen functional groups attached to an aromatic ring is 1. The summed E-state index contributed by atoms with van der Waals surface area (Å²) in [6.07, 6.45) is -0.588. The number of ether oxygens (including phenoxy) is 1. The molecule has 0 aliphatic rings. The van der Waals surface area contributed by atoms with Gasteiger partial charge in [-0.25, -0.2) is 0 Å². The first kappa shape index (κ1) is 13.3. The van der Waals surface area contributed by atoms with Gasteiger partial charge in [-0.1, -0.05) is 6.07 Å². The molecule has 0 aliphatic heterocycles. The van der Waals surface area contributed by atoms with Crippen LogP contribution >= 0.6 is 0 Å². The molecule has 0 fully saturated rings. The minimum absolute atomic E-state index is 0.266. The number of benzene rings is 1. The predicted molar refractivity (Wildman–Crippen MR) is 66.7 cm³/mol. The van der Waals surface area contributed by atoms with Gasteiger partial charge in [0, 0.05) is 20.7 Å². The number of nitrogens with zero attached hydrogens (tertiary/aromatic N) is 2. The number of nitrogens with two attached hydrogens (primary N) is 1. The fourth-order valence-electron chi connectivity index (χ4n) is 1.64. The third-order valence-corrected chi connectivity index (χ3v) is 2.46. The first-order valence-corrected chi connectivity index (χ1v) is 5.26. The van der Waals surface area contributed by atoms with Crippen molar-refractivity contribution in [2.45, 2.75) is 6.10 Å². The fourth-order valence-corrected chi connectivity index (χ4v) is 1.64. The van der Waals surface area contributed by atoms with Crippen molar-refractivity contribution in [3.8, 4) is 6.07 Å². The van der Waals surface area contributed by atoms with Crippen LogP contribution in [0.3, 0.4) is 0 Å². The second-order valence-corrected chi connectivity index (χ2v) is 3.84. The van der Waals surface area contributed by atoms with Crippen molar-refractivity contribution in [2.24, 2.45) is 0 Å². The van der Waals surface area contributed by atoms with Crippen LogP contribution in [0.4, 0.5) is 11.4 Å². The second kappa shape index (κ2) is 6.09. The van der Waals surface area contributed by atoms with E-state index in [0.717, 1.165) is 5.69 Å². The average molecular weight is 235 g/mol. The molecule has 0 heterocycles. The molecule has 0 aromatic heterocycles. The first-order valence-electron chi connectivity index (χ1n) is 5.26. The number of hydrogen-bond acceptors (Lipinski definition) is 5. The van der Waals surface area contributed by atoms with Gasteiger partial charge in [-0.15, -0.1) is 0 Å². The second-order valence-electron chi connectivity index (χ2n) is 3.84. The summed E-state index contributed by atoms with van der Waals surface area (Å²) in [6, 6.07) is 7.28. The number of methoxy groups -OCH3 is 1. The Hall–Kier alpha value is -1.77. The van der Waals surface area contributed by atoms with E-state index >= 15 is 0 Å². The van der Waals surface area contributed by atoms with Gasteiger partial charge in [-0.05, 0) is 12.1 Å². The third kappa shape index (κ3) is 3.34. The summed E-state index contributed by atoms with van der Waals surface area (Å²) < 4.78 is 4.86. The minimum Gasteiger partial charge on any atom is -0.396 e. The summed E-state index contributed by atoms with van der Waals surface area (Å²) >= 11 is 0. The Kier molecular flexibility index (Phi) is 4.76. The van der Waals surface area contributed by atoms with Crippen LogP contribution in [0.25, 0.3) is 0 Å². The van der Waals surface area contributed by atoms with E-state index in [1.165, 1.54) is 7.11 Å². The fraction of sp³-hybridized carbons (Fsp3) is 0.417. The van der Waals surface area contributed by atoms with E-state index in [9.17, 15) is 5.11 Å². The predicted octanol–water partition coefficient (Wildman–Crippen LogP) is 0.584. The van der Waals surface area contributed by atoms with Crippen LogP contribution in [-0.2, 0) is 4.74 Å². The maximum Gasteiger partial charge on any atom is 0.101 e. The van der Waals surface area contributed by atoms with Crippen LogP contribution in [0, 0.1) is 11.3 Å². The SMILES string of the molecule is COCC(O)CN(C)c1cccc(C#N)c1N. The summed E-state index contributed by atoms with van der Waals surface area (Å²) in [6.45, 7) is 0.662. The number of rotatable bonds is 5. The Bertz CT molecular complexity index is 415. The van der Waals surface area contributed by atoms with Crippen LogP contribution in [-0.4, -0.2) is 38.5 Å². The van der Waals surface area contributed by atoms with Gasteiger partial charge in [0.1, 0.15) is 6.07 Å². The highest BCUT2D eigenvalue weighted by Gasteiger charge is 2.12. The van der Waals surface area contributed by atoms with E-state index in [1.54, 1.807) is 17.0 Å². The van der Waals surface area contributed by atoms with Crippen LogP contribution in [0.1, 0.15) is 5.56 Å². The third-order valence-electron chi connectivity index (χ3n) is 2.46. The zero-order valence-electron chi connectivity index (χ0n) is 10.1. The minimum atomic E-state index is -0.588. The molecule has 1 aromatic rings. The van der Waals surface area contributed by atoms with Gasteiger partial charge in [0.15, 0.2) is 0 Å². The van der Waals surface area contributed by atoms with Crippen molar-refractivity contribution in [3.05, 3.63) is 23.8 Å². The monoisotopic (exact) mass is 235 g/mol. The maximum absolute atomic E-state index is 9.63. The molecule has 0 amide bonds. The maximum atomic E-state index is 9.63. The number of para-hydroxylation sites is 1. The topological polar surface area (TPSA) is 82.5 Å². The van der Waals surface area contributed by atoms with E-state index in [1.807, 2.05) is 19.2 Å². The Morgan fingerprint density at radius 3 is 2.88 bits per heavy atom. The Morgan fingerprint density at radius 2 is 2.29 bits per heavy atom. The summed E-state index contributed by atoms with van der Waals surface area (Å²) in [5.41, 5.74) is 7.48. The molecule has 0 spiro atoms. The van der Waals surface area contributed by atoms with Gasteiger partial charge < -0.3 is 20.5 Å². The number of hydrogen-bond donors (Lipinski definition) is 2. The lowest BCUT2D eigenvalue weighted by Gasteiger charge is -2.24. The highest BCUT2D eigenvalue weighted by molar-refractivity contribution is 5.73. The summed E-state index contributed by atoms with van der Waals surface area (Å²) in [7, 11) is 3.35. The van der Waals surface area contributed by atoms with Crippen molar-refractivity contribution >= 4 is 11.4 Å². The van der Waals surface area contributed by atoms with E-state index < -0.39 is 6.10 Å². The van der Waals surface area contributed by atoms with Crippen LogP contribution in [0.2, 0.25) is 0 Å². The molecule has 0 saturated heterocycles. The van der Waals surface area contributed by atoms with Gasteiger partial charge in [-0.2, -0.15) is 5.26 Å². The van der Waals surface area contributed by atoms with Crippen LogP contribution in [0.15, 0.2) is 18.2 Å². The molecule has 0 aliphatic carbocycles. The lowest BCUT2D eigenvalue weighted by atomic mass is 10.1. The van der Waals surface area contributed by atoms with Gasteiger partial charge in [-0.3, -0.25) is 0 Å². The molecule has 17 heavy (non-hydrogen) atoms. The molecule has 1 aromatic carbocycles. The van der Waals surface area contributed by atoms with Crippen molar-refractivity contribution in [1.29, 1.82) is 5.26 Å². The standard InChI is InChI=1S/C12H17N3O2/c1-15(7-10(16)8-17-2)11-5-3-4-9(6-13)12(11)14/h3-5,10,16H,7-8,14H2,1-2H3. The molecule has 1 rings (SSSR count). The first-order chi connectivity index (χ1) is 8.10. The summed E-state index contributed by atoms with van der Waals surface area (Å²) in [4.78, 5) is 1.81. The number of aliphatic hydroxyl groups is 1. The molecule has 92 valence electrons. The molecule has 0 bridgehead atoms. The lowest BCUT2D eigenvalue weighted by Crippen LogP contribution is -2.32. The van der Waals surface area contributed by atoms with Gasteiger partial charge in [0.05, 0.1) is 29.6 Å². The molecule has 0 saturated carbocycles. The summed E-state index contributed by atoms with van der Waals surface area (Å²) in [5.74, 6) is 0. The molecule has 5 nitrogen and oxygen atoms in total. The van der Waals surface area contributed by atoms with Crippen LogP contribution < -0.4 is 10.6 Å². The van der Waals surface area contributed by atoms with E-state index in [4.69, 9.17) is 15.7 Å². The quantitative estimate of drug-likeness (QED) is 0.730. The van der Waals surface area contributed by atoms with Gasteiger partial charge in [0.2, 0.25) is 0 Å². The number of aliphatic hydroxyl groups excluding tert-OH is 1. The largest absolute Gasteiger partial charge is 0.396 e. The van der Waals surface area contributed by atoms with E-state index in [0.29, 0.717) is 17.8 Å².